The minimum absolute atomic E-state index is 0.0650. The first-order valence-corrected chi connectivity index (χ1v) is 6.62. The fourth-order valence-corrected chi connectivity index (χ4v) is 1.66. The molecule has 0 spiro atoms. The van der Waals surface area contributed by atoms with Crippen LogP contribution in [-0.2, 0) is 24.7 Å². The molecule has 0 aliphatic rings. The Hall–Kier alpha value is -0.980. The van der Waals surface area contributed by atoms with Gasteiger partial charge in [-0.2, -0.15) is 0 Å². The molecule has 114 valence electrons. The van der Waals surface area contributed by atoms with Crippen LogP contribution in [0.3, 0.4) is 0 Å². The maximum Gasteiger partial charge on any atom is 0.147 e. The van der Waals surface area contributed by atoms with Crippen LogP contribution >= 0.6 is 0 Å². The molecule has 0 fully saturated rings. The lowest BCUT2D eigenvalue weighted by atomic mass is 9.96. The van der Waals surface area contributed by atoms with Crippen LogP contribution in [-0.4, -0.2) is 32.4 Å². The SMILES string of the molecule is COCCOCOC(C)c1ccc(C(C)(C)OO)cc1. The van der Waals surface area contributed by atoms with Crippen LogP contribution in [0.15, 0.2) is 24.3 Å². The van der Waals surface area contributed by atoms with Crippen molar-refractivity contribution in [1.29, 1.82) is 0 Å². The molecule has 5 heteroatoms. The van der Waals surface area contributed by atoms with E-state index in [9.17, 15) is 0 Å². The summed E-state index contributed by atoms with van der Waals surface area (Å²) in [5.74, 6) is 0. The molecule has 1 N–H and O–H groups in total. The first-order chi connectivity index (χ1) is 9.51. The highest BCUT2D eigenvalue weighted by molar-refractivity contribution is 5.27. The number of rotatable bonds is 9. The van der Waals surface area contributed by atoms with Gasteiger partial charge in [0.2, 0.25) is 0 Å². The number of ether oxygens (including phenoxy) is 3. The van der Waals surface area contributed by atoms with Crippen molar-refractivity contribution in [3.8, 4) is 0 Å². The zero-order valence-corrected chi connectivity index (χ0v) is 12.6. The lowest BCUT2D eigenvalue weighted by molar-refractivity contribution is -0.318. The van der Waals surface area contributed by atoms with Crippen molar-refractivity contribution >= 4 is 0 Å². The topological polar surface area (TPSA) is 57.2 Å². The third-order valence-corrected chi connectivity index (χ3v) is 3.14. The largest absolute Gasteiger partial charge is 0.382 e. The van der Waals surface area contributed by atoms with Gasteiger partial charge in [-0.05, 0) is 31.9 Å². The molecule has 0 heterocycles. The number of benzene rings is 1. The van der Waals surface area contributed by atoms with Gasteiger partial charge in [0, 0.05) is 7.11 Å². The van der Waals surface area contributed by atoms with E-state index in [1.54, 1.807) is 21.0 Å². The first-order valence-electron chi connectivity index (χ1n) is 6.62. The summed E-state index contributed by atoms with van der Waals surface area (Å²) in [4.78, 5) is 4.46. The minimum atomic E-state index is -0.716. The lowest BCUT2D eigenvalue weighted by Gasteiger charge is -2.21. The second-order valence-corrected chi connectivity index (χ2v) is 5.05. The summed E-state index contributed by atoms with van der Waals surface area (Å²) in [5, 5.41) is 8.86. The van der Waals surface area contributed by atoms with E-state index in [0.29, 0.717) is 13.2 Å². The summed E-state index contributed by atoms with van der Waals surface area (Å²) in [6, 6.07) is 7.74. The quantitative estimate of drug-likeness (QED) is 0.327. The van der Waals surface area contributed by atoms with Gasteiger partial charge in [0.05, 0.1) is 19.3 Å². The molecule has 0 aliphatic carbocycles. The van der Waals surface area contributed by atoms with Gasteiger partial charge >= 0.3 is 0 Å². The van der Waals surface area contributed by atoms with E-state index in [2.05, 4.69) is 4.89 Å². The second-order valence-electron chi connectivity index (χ2n) is 5.05. The average molecular weight is 284 g/mol. The zero-order valence-electron chi connectivity index (χ0n) is 12.6. The van der Waals surface area contributed by atoms with Crippen LogP contribution in [0.1, 0.15) is 38.0 Å². The number of hydrogen-bond donors (Lipinski definition) is 1. The molecule has 0 amide bonds. The van der Waals surface area contributed by atoms with Crippen LogP contribution < -0.4 is 0 Å². The molecular weight excluding hydrogens is 260 g/mol. The van der Waals surface area contributed by atoms with Crippen molar-refractivity contribution in [3.05, 3.63) is 35.4 Å². The van der Waals surface area contributed by atoms with E-state index in [4.69, 9.17) is 19.5 Å². The number of hydrogen-bond acceptors (Lipinski definition) is 5. The van der Waals surface area contributed by atoms with Gasteiger partial charge in [-0.15, -0.1) is 0 Å². The van der Waals surface area contributed by atoms with Crippen molar-refractivity contribution in [3.63, 3.8) is 0 Å². The van der Waals surface area contributed by atoms with Crippen LogP contribution in [0.2, 0.25) is 0 Å². The van der Waals surface area contributed by atoms with Crippen LogP contribution in [0.4, 0.5) is 0 Å². The fraction of sp³-hybridized carbons (Fsp3) is 0.600. The number of methoxy groups -OCH3 is 1. The van der Waals surface area contributed by atoms with Gasteiger partial charge < -0.3 is 14.2 Å². The third kappa shape index (κ3) is 5.19. The van der Waals surface area contributed by atoms with Crippen LogP contribution in [0.5, 0.6) is 0 Å². The maximum absolute atomic E-state index is 8.86. The van der Waals surface area contributed by atoms with Gasteiger partial charge in [-0.3, -0.25) is 5.26 Å². The standard InChI is InChI=1S/C15H24O5/c1-12(19-11-18-10-9-17-4)13-5-7-14(8-6-13)15(2,3)20-16/h5-8,12,16H,9-11H2,1-4H3. The summed E-state index contributed by atoms with van der Waals surface area (Å²) < 4.78 is 15.7. The molecule has 1 unspecified atom stereocenters. The molecule has 5 nitrogen and oxygen atoms in total. The van der Waals surface area contributed by atoms with Gasteiger partial charge in [-0.25, -0.2) is 4.89 Å². The predicted octanol–water partition coefficient (Wildman–Crippen LogP) is 3.11. The van der Waals surface area contributed by atoms with E-state index in [-0.39, 0.29) is 12.9 Å². The van der Waals surface area contributed by atoms with Crippen molar-refractivity contribution in [2.45, 2.75) is 32.5 Å². The highest BCUT2D eigenvalue weighted by Gasteiger charge is 2.21. The molecule has 1 atom stereocenters. The van der Waals surface area contributed by atoms with Crippen molar-refractivity contribution in [1.82, 2.24) is 0 Å². The van der Waals surface area contributed by atoms with Crippen LogP contribution in [0.25, 0.3) is 0 Å². The van der Waals surface area contributed by atoms with Gasteiger partial charge in [0.25, 0.3) is 0 Å². The van der Waals surface area contributed by atoms with E-state index in [0.717, 1.165) is 11.1 Å². The monoisotopic (exact) mass is 284 g/mol. The Morgan fingerprint density at radius 3 is 2.35 bits per heavy atom. The molecule has 20 heavy (non-hydrogen) atoms. The van der Waals surface area contributed by atoms with Gasteiger partial charge in [-0.1, -0.05) is 24.3 Å². The summed E-state index contributed by atoms with van der Waals surface area (Å²) in [6.07, 6.45) is -0.0650. The molecular formula is C15H24O5. The van der Waals surface area contributed by atoms with Crippen LogP contribution in [0, 0.1) is 0 Å². The highest BCUT2D eigenvalue weighted by Crippen LogP contribution is 2.25. The normalized spacial score (nSPS) is 13.4. The molecule has 0 radical (unpaired) electrons. The summed E-state index contributed by atoms with van der Waals surface area (Å²) >= 11 is 0. The van der Waals surface area contributed by atoms with E-state index < -0.39 is 5.60 Å². The van der Waals surface area contributed by atoms with Crippen molar-refractivity contribution in [2.24, 2.45) is 0 Å². The van der Waals surface area contributed by atoms with E-state index in [1.807, 2.05) is 31.2 Å². The molecule has 0 saturated carbocycles. The Balaban J connectivity index is 2.47. The van der Waals surface area contributed by atoms with E-state index in [1.165, 1.54) is 0 Å². The Labute approximate surface area is 120 Å². The zero-order chi connectivity index (χ0) is 15.0. The highest BCUT2D eigenvalue weighted by atomic mass is 17.1. The van der Waals surface area contributed by atoms with E-state index >= 15 is 0 Å². The lowest BCUT2D eigenvalue weighted by Crippen LogP contribution is -2.19. The van der Waals surface area contributed by atoms with Crippen molar-refractivity contribution < 1.29 is 24.4 Å². The Bertz CT molecular complexity index is 374. The molecule has 0 bridgehead atoms. The molecule has 0 aromatic heterocycles. The first kappa shape index (κ1) is 17.1. The molecule has 0 saturated heterocycles. The smallest absolute Gasteiger partial charge is 0.147 e. The average Bonchev–Trinajstić information content (AvgIpc) is 2.47. The predicted molar refractivity (Wildman–Crippen MR) is 75.4 cm³/mol. The van der Waals surface area contributed by atoms with Gasteiger partial charge in [0.1, 0.15) is 12.4 Å². The minimum Gasteiger partial charge on any atom is -0.382 e. The molecule has 0 aliphatic heterocycles. The second kappa shape index (κ2) is 8.34. The van der Waals surface area contributed by atoms with Crippen molar-refractivity contribution in [2.75, 3.05) is 27.1 Å². The Morgan fingerprint density at radius 2 is 1.80 bits per heavy atom. The molecule has 1 aromatic rings. The Morgan fingerprint density at radius 1 is 1.15 bits per heavy atom. The molecule has 1 aromatic carbocycles. The van der Waals surface area contributed by atoms with Gasteiger partial charge in [0.15, 0.2) is 0 Å². The fourth-order valence-electron chi connectivity index (χ4n) is 1.66. The maximum atomic E-state index is 8.86. The Kier molecular flexibility index (Phi) is 7.12. The summed E-state index contributed by atoms with van der Waals surface area (Å²) in [7, 11) is 1.63. The summed E-state index contributed by atoms with van der Waals surface area (Å²) in [5.41, 5.74) is 1.22. The molecule has 1 rings (SSSR count). The summed E-state index contributed by atoms with van der Waals surface area (Å²) in [6.45, 7) is 6.86. The third-order valence-electron chi connectivity index (χ3n) is 3.14.